The lowest BCUT2D eigenvalue weighted by atomic mass is 10.1. The Kier molecular flexibility index (Phi) is 5.47. The van der Waals surface area contributed by atoms with E-state index in [0.717, 1.165) is 25.2 Å². The van der Waals surface area contributed by atoms with E-state index in [4.69, 9.17) is 4.74 Å². The Labute approximate surface area is 145 Å². The predicted molar refractivity (Wildman–Crippen MR) is 92.0 cm³/mol. The molecule has 2 N–H and O–H groups in total. The molecular weight excluding hydrogens is 326 g/mol. The van der Waals surface area contributed by atoms with Gasteiger partial charge in [-0.2, -0.15) is 5.10 Å². The first-order valence-corrected chi connectivity index (χ1v) is 9.05. The number of nitrogens with one attached hydrogen (secondary N) is 2. The molecule has 2 aromatic rings. The van der Waals surface area contributed by atoms with Gasteiger partial charge >= 0.3 is 6.03 Å². The van der Waals surface area contributed by atoms with Crippen molar-refractivity contribution in [2.75, 3.05) is 13.7 Å². The number of hydrogen-bond acceptors (Lipinski definition) is 5. The molecule has 8 heteroatoms. The summed E-state index contributed by atoms with van der Waals surface area (Å²) in [5, 5.41) is 12.4. The maximum atomic E-state index is 12.2. The minimum absolute atomic E-state index is 0.103. The number of thiophene rings is 1. The summed E-state index contributed by atoms with van der Waals surface area (Å²) in [6.45, 7) is 3.94. The number of aromatic nitrogens is 3. The van der Waals surface area contributed by atoms with Gasteiger partial charge in [0.15, 0.2) is 5.82 Å². The summed E-state index contributed by atoms with van der Waals surface area (Å²) in [5.74, 6) is 1.78. The third-order valence-electron chi connectivity index (χ3n) is 4.10. The summed E-state index contributed by atoms with van der Waals surface area (Å²) in [7, 11) is 1.62. The van der Waals surface area contributed by atoms with Crippen molar-refractivity contribution in [2.24, 2.45) is 0 Å². The molecule has 0 fully saturated rings. The average molecular weight is 349 g/mol. The standard InChI is InChI=1S/C16H23N5O2S/c1-11(13-6-4-8-24-13)9-17-16(22)18-12-5-3-7-21-15(12)19-14(20-21)10-23-2/h4,6,8,11-12H,3,5,7,9-10H2,1-2H3,(H2,17,18,22). The molecule has 3 heterocycles. The molecule has 0 radical (unpaired) electrons. The van der Waals surface area contributed by atoms with E-state index < -0.39 is 0 Å². The zero-order valence-electron chi connectivity index (χ0n) is 14.0. The first kappa shape index (κ1) is 16.9. The van der Waals surface area contributed by atoms with Crippen molar-refractivity contribution in [2.45, 2.75) is 44.9 Å². The lowest BCUT2D eigenvalue weighted by molar-refractivity contribution is 0.177. The fraction of sp³-hybridized carbons (Fsp3) is 0.562. The van der Waals surface area contributed by atoms with Gasteiger partial charge < -0.3 is 15.4 Å². The quantitative estimate of drug-likeness (QED) is 0.839. The van der Waals surface area contributed by atoms with Crippen molar-refractivity contribution < 1.29 is 9.53 Å². The molecule has 0 saturated heterocycles. The van der Waals surface area contributed by atoms with Crippen molar-refractivity contribution in [1.29, 1.82) is 0 Å². The average Bonchev–Trinajstić information content (AvgIpc) is 3.22. The first-order chi connectivity index (χ1) is 11.7. The topological polar surface area (TPSA) is 81.1 Å². The minimum atomic E-state index is -0.159. The number of carbonyl (C=O) groups is 1. The van der Waals surface area contributed by atoms with Gasteiger partial charge in [-0.15, -0.1) is 11.3 Å². The van der Waals surface area contributed by atoms with Crippen LogP contribution in [0.15, 0.2) is 17.5 Å². The van der Waals surface area contributed by atoms with Gasteiger partial charge in [0, 0.05) is 31.0 Å². The summed E-state index contributed by atoms with van der Waals surface area (Å²) in [6, 6.07) is 3.86. The second-order valence-corrected chi connectivity index (χ2v) is 6.99. The number of urea groups is 1. The molecular formula is C16H23N5O2S. The Bertz CT molecular complexity index is 670. The molecule has 1 aliphatic rings. The van der Waals surface area contributed by atoms with Crippen molar-refractivity contribution in [3.8, 4) is 0 Å². The smallest absolute Gasteiger partial charge is 0.315 e. The summed E-state index contributed by atoms with van der Waals surface area (Å²) in [6.07, 6.45) is 1.85. The first-order valence-electron chi connectivity index (χ1n) is 8.17. The van der Waals surface area contributed by atoms with E-state index in [9.17, 15) is 4.79 Å². The molecule has 130 valence electrons. The second kappa shape index (κ2) is 7.76. The van der Waals surface area contributed by atoms with Crippen molar-refractivity contribution in [1.82, 2.24) is 25.4 Å². The van der Waals surface area contributed by atoms with Gasteiger partial charge in [0.05, 0.1) is 6.04 Å². The van der Waals surface area contributed by atoms with Gasteiger partial charge in [-0.05, 0) is 24.3 Å². The number of ether oxygens (including phenoxy) is 1. The SMILES string of the molecule is COCc1nc2n(n1)CCCC2NC(=O)NCC(C)c1cccs1. The zero-order valence-corrected chi connectivity index (χ0v) is 14.8. The zero-order chi connectivity index (χ0) is 16.9. The monoisotopic (exact) mass is 349 g/mol. The van der Waals surface area contributed by atoms with Crippen LogP contribution in [0.25, 0.3) is 0 Å². The number of hydrogen-bond donors (Lipinski definition) is 2. The molecule has 0 aliphatic carbocycles. The van der Waals surface area contributed by atoms with Crippen LogP contribution in [0.1, 0.15) is 48.3 Å². The van der Waals surface area contributed by atoms with Crippen molar-refractivity contribution in [3.05, 3.63) is 34.0 Å². The summed E-state index contributed by atoms with van der Waals surface area (Å²) in [5.41, 5.74) is 0. The van der Waals surface area contributed by atoms with E-state index in [0.29, 0.717) is 24.9 Å². The fourth-order valence-corrected chi connectivity index (χ4v) is 3.64. The number of fused-ring (bicyclic) bond motifs is 1. The predicted octanol–water partition coefficient (Wildman–Crippen LogP) is 2.42. The van der Waals surface area contributed by atoms with Crippen LogP contribution in [-0.2, 0) is 17.9 Å². The molecule has 0 aromatic carbocycles. The van der Waals surface area contributed by atoms with Crippen LogP contribution < -0.4 is 10.6 Å². The van der Waals surface area contributed by atoms with E-state index >= 15 is 0 Å². The minimum Gasteiger partial charge on any atom is -0.377 e. The lowest BCUT2D eigenvalue weighted by Gasteiger charge is -2.23. The number of methoxy groups -OCH3 is 1. The third-order valence-corrected chi connectivity index (χ3v) is 5.20. The molecule has 2 aromatic heterocycles. The fourth-order valence-electron chi connectivity index (χ4n) is 2.85. The van der Waals surface area contributed by atoms with Crippen molar-refractivity contribution in [3.63, 3.8) is 0 Å². The van der Waals surface area contributed by atoms with Crippen molar-refractivity contribution >= 4 is 17.4 Å². The normalized spacial score (nSPS) is 18.0. The molecule has 24 heavy (non-hydrogen) atoms. The summed E-state index contributed by atoms with van der Waals surface area (Å²) >= 11 is 1.71. The van der Waals surface area contributed by atoms with Crippen LogP contribution in [0.5, 0.6) is 0 Å². The maximum Gasteiger partial charge on any atom is 0.315 e. The van der Waals surface area contributed by atoms with Crippen LogP contribution in [0, 0.1) is 0 Å². The van der Waals surface area contributed by atoms with Crippen LogP contribution in [0.2, 0.25) is 0 Å². The van der Waals surface area contributed by atoms with E-state index in [-0.39, 0.29) is 12.1 Å². The largest absolute Gasteiger partial charge is 0.377 e. The lowest BCUT2D eigenvalue weighted by Crippen LogP contribution is -2.41. The van der Waals surface area contributed by atoms with Gasteiger partial charge in [-0.25, -0.2) is 14.5 Å². The number of rotatable bonds is 6. The van der Waals surface area contributed by atoms with E-state index in [1.807, 2.05) is 10.7 Å². The van der Waals surface area contributed by atoms with E-state index in [2.05, 4.69) is 39.1 Å². The Hall–Kier alpha value is -1.93. The highest BCUT2D eigenvalue weighted by Crippen LogP contribution is 2.23. The Morgan fingerprint density at radius 2 is 2.46 bits per heavy atom. The van der Waals surface area contributed by atoms with E-state index in [1.165, 1.54) is 4.88 Å². The number of carbonyl (C=O) groups excluding carboxylic acids is 1. The van der Waals surface area contributed by atoms with Gasteiger partial charge in [0.2, 0.25) is 0 Å². The molecule has 2 amide bonds. The maximum absolute atomic E-state index is 12.2. The van der Waals surface area contributed by atoms with Gasteiger partial charge in [0.25, 0.3) is 0 Å². The van der Waals surface area contributed by atoms with Gasteiger partial charge in [0.1, 0.15) is 12.4 Å². The number of nitrogens with zero attached hydrogens (tertiary/aromatic N) is 3. The molecule has 0 saturated carbocycles. The third kappa shape index (κ3) is 3.93. The highest BCUT2D eigenvalue weighted by atomic mass is 32.1. The van der Waals surface area contributed by atoms with Crippen LogP contribution in [0.3, 0.4) is 0 Å². The van der Waals surface area contributed by atoms with Crippen LogP contribution in [0.4, 0.5) is 4.79 Å². The number of aryl methyl sites for hydroxylation is 1. The Morgan fingerprint density at radius 3 is 3.21 bits per heavy atom. The highest BCUT2D eigenvalue weighted by molar-refractivity contribution is 7.10. The molecule has 2 unspecified atom stereocenters. The molecule has 2 atom stereocenters. The van der Waals surface area contributed by atoms with Gasteiger partial charge in [-0.3, -0.25) is 0 Å². The Morgan fingerprint density at radius 1 is 1.58 bits per heavy atom. The molecule has 0 bridgehead atoms. The summed E-state index contributed by atoms with van der Waals surface area (Å²) in [4.78, 5) is 18.0. The van der Waals surface area contributed by atoms with Gasteiger partial charge in [-0.1, -0.05) is 13.0 Å². The molecule has 3 rings (SSSR count). The molecule has 7 nitrogen and oxygen atoms in total. The highest BCUT2D eigenvalue weighted by Gasteiger charge is 2.25. The molecule has 1 aliphatic heterocycles. The molecule has 0 spiro atoms. The Balaban J connectivity index is 1.55. The number of amides is 2. The van der Waals surface area contributed by atoms with Crippen LogP contribution in [-0.4, -0.2) is 34.5 Å². The second-order valence-electron chi connectivity index (χ2n) is 6.01. The van der Waals surface area contributed by atoms with E-state index in [1.54, 1.807) is 18.4 Å². The summed E-state index contributed by atoms with van der Waals surface area (Å²) < 4.78 is 6.96. The van der Waals surface area contributed by atoms with Crippen LogP contribution >= 0.6 is 11.3 Å².